The summed E-state index contributed by atoms with van der Waals surface area (Å²) >= 11 is 1.37. The Bertz CT molecular complexity index is 1240. The van der Waals surface area contributed by atoms with E-state index in [0.29, 0.717) is 54.6 Å². The van der Waals surface area contributed by atoms with Crippen molar-refractivity contribution < 1.29 is 14.4 Å². The summed E-state index contributed by atoms with van der Waals surface area (Å²) in [5, 5.41) is 4.80. The number of anilines is 2. The van der Waals surface area contributed by atoms with Crippen molar-refractivity contribution in [2.45, 2.75) is 33.2 Å². The molecule has 4 rings (SSSR count). The fraction of sp³-hybridized carbons (Fsp3) is 0.367. The molecule has 1 aromatic heterocycles. The van der Waals surface area contributed by atoms with Gasteiger partial charge in [0.25, 0.3) is 11.8 Å². The Hall–Kier alpha value is -3.65. The van der Waals surface area contributed by atoms with Crippen LogP contribution in [0.4, 0.5) is 11.4 Å². The molecule has 38 heavy (non-hydrogen) atoms. The molecule has 0 unspecified atom stereocenters. The molecular weight excluding hydrogens is 496 g/mol. The molecule has 200 valence electrons. The Morgan fingerprint density at radius 2 is 1.76 bits per heavy atom. The SMILES string of the molecule is CC(C)CC(=O)N1CCCN(c2ccc(NC(=O)c3cccs3)cc2C(=O)N(C)Cc2ccccc2)CC1. The highest BCUT2D eigenvalue weighted by Crippen LogP contribution is 2.28. The van der Waals surface area contributed by atoms with Crippen molar-refractivity contribution in [1.29, 1.82) is 0 Å². The van der Waals surface area contributed by atoms with Gasteiger partial charge >= 0.3 is 0 Å². The Morgan fingerprint density at radius 1 is 0.974 bits per heavy atom. The molecule has 1 aliphatic heterocycles. The van der Waals surface area contributed by atoms with E-state index in [0.717, 1.165) is 24.2 Å². The fourth-order valence-corrected chi connectivity index (χ4v) is 5.30. The summed E-state index contributed by atoms with van der Waals surface area (Å²) in [5.74, 6) is 0.196. The summed E-state index contributed by atoms with van der Waals surface area (Å²) < 4.78 is 0. The molecule has 0 atom stereocenters. The smallest absolute Gasteiger partial charge is 0.265 e. The van der Waals surface area contributed by atoms with E-state index in [-0.39, 0.29) is 17.7 Å². The molecule has 3 aromatic rings. The number of nitrogens with zero attached hydrogens (tertiary/aromatic N) is 3. The molecule has 8 heteroatoms. The van der Waals surface area contributed by atoms with Gasteiger partial charge in [-0.25, -0.2) is 0 Å². The van der Waals surface area contributed by atoms with Crippen molar-refractivity contribution in [2.75, 3.05) is 43.4 Å². The van der Waals surface area contributed by atoms with Gasteiger partial charge < -0.3 is 20.0 Å². The highest BCUT2D eigenvalue weighted by molar-refractivity contribution is 7.12. The zero-order valence-corrected chi connectivity index (χ0v) is 23.2. The molecule has 2 aromatic carbocycles. The number of carbonyl (C=O) groups excluding carboxylic acids is 3. The standard InChI is InChI=1S/C30H36N4O3S/c1-22(2)19-28(35)34-15-8-14-33(16-17-34)26-13-12-24(31-29(36)27-11-7-18-38-27)20-25(26)30(37)32(3)21-23-9-5-4-6-10-23/h4-7,9-13,18,20,22H,8,14-17,19,21H2,1-3H3,(H,31,36). The van der Waals surface area contributed by atoms with E-state index < -0.39 is 0 Å². The number of amides is 3. The Balaban J connectivity index is 1.58. The number of carbonyl (C=O) groups is 3. The van der Waals surface area contributed by atoms with Crippen molar-refractivity contribution in [3.63, 3.8) is 0 Å². The van der Waals surface area contributed by atoms with Crippen LogP contribution in [0.1, 0.15) is 52.3 Å². The third kappa shape index (κ3) is 7.01. The van der Waals surface area contributed by atoms with Gasteiger partial charge in [0.1, 0.15) is 0 Å². The molecule has 0 saturated carbocycles. The van der Waals surface area contributed by atoms with E-state index in [1.54, 1.807) is 24.1 Å². The lowest BCUT2D eigenvalue weighted by Crippen LogP contribution is -2.36. The number of hydrogen-bond acceptors (Lipinski definition) is 5. The predicted octanol–water partition coefficient (Wildman–Crippen LogP) is 5.36. The molecule has 2 heterocycles. The van der Waals surface area contributed by atoms with Crippen LogP contribution in [0.15, 0.2) is 66.0 Å². The lowest BCUT2D eigenvalue weighted by molar-refractivity contribution is -0.131. The summed E-state index contributed by atoms with van der Waals surface area (Å²) in [5.41, 5.74) is 2.98. The molecule has 0 bridgehead atoms. The first-order valence-electron chi connectivity index (χ1n) is 13.1. The number of nitrogens with one attached hydrogen (secondary N) is 1. The van der Waals surface area contributed by atoms with E-state index in [1.807, 2.05) is 58.8 Å². The summed E-state index contributed by atoms with van der Waals surface area (Å²) in [6.45, 7) is 7.32. The van der Waals surface area contributed by atoms with Crippen LogP contribution in [0.5, 0.6) is 0 Å². The van der Waals surface area contributed by atoms with Gasteiger partial charge in [0.2, 0.25) is 5.91 Å². The number of benzene rings is 2. The normalized spacial score (nSPS) is 13.8. The third-order valence-electron chi connectivity index (χ3n) is 6.61. The van der Waals surface area contributed by atoms with Gasteiger partial charge in [0.15, 0.2) is 0 Å². The van der Waals surface area contributed by atoms with Crippen molar-refractivity contribution in [3.05, 3.63) is 82.0 Å². The second kappa shape index (κ2) is 12.7. The van der Waals surface area contributed by atoms with Crippen molar-refractivity contribution >= 4 is 40.4 Å². The lowest BCUT2D eigenvalue weighted by atomic mass is 10.1. The van der Waals surface area contributed by atoms with Gasteiger partial charge in [-0.3, -0.25) is 14.4 Å². The second-order valence-corrected chi connectivity index (χ2v) is 11.1. The number of rotatable bonds is 8. The molecule has 7 nitrogen and oxygen atoms in total. The van der Waals surface area contributed by atoms with Gasteiger partial charge in [0, 0.05) is 57.6 Å². The molecule has 0 aliphatic carbocycles. The molecule has 1 N–H and O–H groups in total. The minimum atomic E-state index is -0.196. The average Bonchev–Trinajstić information content (AvgIpc) is 3.33. The highest BCUT2D eigenvalue weighted by Gasteiger charge is 2.25. The molecular formula is C30H36N4O3S. The minimum Gasteiger partial charge on any atom is -0.369 e. The third-order valence-corrected chi connectivity index (χ3v) is 7.48. The quantitative estimate of drug-likeness (QED) is 0.424. The van der Waals surface area contributed by atoms with Gasteiger partial charge in [-0.2, -0.15) is 0 Å². The van der Waals surface area contributed by atoms with Crippen LogP contribution in [-0.4, -0.2) is 60.7 Å². The largest absolute Gasteiger partial charge is 0.369 e. The maximum atomic E-state index is 13.8. The zero-order chi connectivity index (χ0) is 27.1. The van der Waals surface area contributed by atoms with Gasteiger partial charge in [-0.15, -0.1) is 11.3 Å². The van der Waals surface area contributed by atoms with Crippen LogP contribution < -0.4 is 10.2 Å². The van der Waals surface area contributed by atoms with Crippen LogP contribution in [-0.2, 0) is 11.3 Å². The lowest BCUT2D eigenvalue weighted by Gasteiger charge is -2.28. The summed E-state index contributed by atoms with van der Waals surface area (Å²) in [4.78, 5) is 45.6. The van der Waals surface area contributed by atoms with E-state index in [4.69, 9.17) is 0 Å². The van der Waals surface area contributed by atoms with Crippen LogP contribution in [0.2, 0.25) is 0 Å². The Kier molecular flexibility index (Phi) is 9.18. The fourth-order valence-electron chi connectivity index (χ4n) is 4.68. The van der Waals surface area contributed by atoms with Crippen molar-refractivity contribution in [3.8, 4) is 0 Å². The average molecular weight is 533 g/mol. The first-order chi connectivity index (χ1) is 18.3. The Morgan fingerprint density at radius 3 is 2.47 bits per heavy atom. The van der Waals surface area contributed by atoms with Crippen LogP contribution in [0.25, 0.3) is 0 Å². The van der Waals surface area contributed by atoms with Crippen LogP contribution >= 0.6 is 11.3 Å². The number of hydrogen-bond donors (Lipinski definition) is 1. The number of thiophene rings is 1. The topological polar surface area (TPSA) is 73.0 Å². The zero-order valence-electron chi connectivity index (χ0n) is 22.4. The molecule has 1 saturated heterocycles. The summed E-state index contributed by atoms with van der Waals surface area (Å²) in [6, 6.07) is 19.0. The maximum absolute atomic E-state index is 13.8. The van der Waals surface area contributed by atoms with E-state index in [2.05, 4.69) is 24.1 Å². The maximum Gasteiger partial charge on any atom is 0.265 e. The molecule has 1 fully saturated rings. The predicted molar refractivity (Wildman–Crippen MR) is 154 cm³/mol. The second-order valence-electron chi connectivity index (χ2n) is 10.1. The van der Waals surface area contributed by atoms with E-state index >= 15 is 0 Å². The highest BCUT2D eigenvalue weighted by atomic mass is 32.1. The Labute approximate surface area is 229 Å². The van der Waals surface area contributed by atoms with Crippen molar-refractivity contribution in [2.24, 2.45) is 5.92 Å². The van der Waals surface area contributed by atoms with Gasteiger partial charge in [-0.1, -0.05) is 50.2 Å². The van der Waals surface area contributed by atoms with Gasteiger partial charge in [0.05, 0.1) is 10.4 Å². The summed E-state index contributed by atoms with van der Waals surface area (Å²) in [7, 11) is 1.80. The van der Waals surface area contributed by atoms with Crippen molar-refractivity contribution in [1.82, 2.24) is 9.80 Å². The molecule has 1 aliphatic rings. The monoisotopic (exact) mass is 532 g/mol. The van der Waals surface area contributed by atoms with Crippen LogP contribution in [0.3, 0.4) is 0 Å². The molecule has 0 spiro atoms. The van der Waals surface area contributed by atoms with E-state index in [9.17, 15) is 14.4 Å². The van der Waals surface area contributed by atoms with E-state index in [1.165, 1.54) is 11.3 Å². The molecule has 0 radical (unpaired) electrons. The minimum absolute atomic E-state index is 0.118. The first-order valence-corrected chi connectivity index (χ1v) is 14.0. The van der Waals surface area contributed by atoms with Gasteiger partial charge in [-0.05, 0) is 47.5 Å². The van der Waals surface area contributed by atoms with Crippen LogP contribution in [0, 0.1) is 5.92 Å². The first kappa shape index (κ1) is 27.4. The molecule has 3 amide bonds. The summed E-state index contributed by atoms with van der Waals surface area (Å²) in [6.07, 6.45) is 1.38.